The standard InChI is InChI=1S/C21H19N5O2S/c1-28-18-9-7-16(8-10-18)20(15-5-3-2-4-6-15)22-19(27)13-26-24-21(23-25-26)17-11-12-29-14-17/h2-12,14,20H,13H2,1H3,(H,22,27)/t20-/m1/s1. The number of amides is 1. The van der Waals surface area contributed by atoms with Crippen molar-refractivity contribution in [1.82, 2.24) is 25.5 Å². The molecular weight excluding hydrogens is 386 g/mol. The van der Waals surface area contributed by atoms with Gasteiger partial charge in [0.15, 0.2) is 0 Å². The van der Waals surface area contributed by atoms with Crippen molar-refractivity contribution in [2.24, 2.45) is 0 Å². The number of nitrogens with zero attached hydrogens (tertiary/aromatic N) is 4. The van der Waals surface area contributed by atoms with Gasteiger partial charge in [-0.25, -0.2) is 0 Å². The van der Waals surface area contributed by atoms with Gasteiger partial charge in [0.05, 0.1) is 13.2 Å². The molecule has 29 heavy (non-hydrogen) atoms. The van der Waals surface area contributed by atoms with Crippen LogP contribution >= 0.6 is 11.3 Å². The Balaban J connectivity index is 1.51. The Hall–Kier alpha value is -3.52. The van der Waals surface area contributed by atoms with Gasteiger partial charge in [0.1, 0.15) is 12.3 Å². The van der Waals surface area contributed by atoms with E-state index in [1.54, 1.807) is 18.4 Å². The van der Waals surface area contributed by atoms with E-state index in [1.807, 2.05) is 71.4 Å². The van der Waals surface area contributed by atoms with Crippen molar-refractivity contribution in [1.29, 1.82) is 0 Å². The molecule has 4 aromatic rings. The van der Waals surface area contributed by atoms with E-state index in [-0.39, 0.29) is 18.5 Å². The number of carbonyl (C=O) groups excluding carboxylic acids is 1. The molecule has 2 heterocycles. The number of ether oxygens (including phenoxy) is 1. The smallest absolute Gasteiger partial charge is 0.244 e. The van der Waals surface area contributed by atoms with Gasteiger partial charge in [0.2, 0.25) is 11.7 Å². The van der Waals surface area contributed by atoms with Gasteiger partial charge >= 0.3 is 0 Å². The molecule has 2 aromatic heterocycles. The molecule has 146 valence electrons. The molecule has 0 fully saturated rings. The number of rotatable bonds is 7. The highest BCUT2D eigenvalue weighted by molar-refractivity contribution is 7.08. The van der Waals surface area contributed by atoms with E-state index in [0.29, 0.717) is 5.82 Å². The van der Waals surface area contributed by atoms with Gasteiger partial charge in [0.25, 0.3) is 0 Å². The summed E-state index contributed by atoms with van der Waals surface area (Å²) in [6, 6.07) is 19.1. The number of tetrazole rings is 1. The fraction of sp³-hybridized carbons (Fsp3) is 0.143. The second kappa shape index (κ2) is 8.66. The third-order valence-electron chi connectivity index (χ3n) is 4.40. The second-order valence-corrected chi connectivity index (χ2v) is 7.12. The van der Waals surface area contributed by atoms with Gasteiger partial charge in [-0.1, -0.05) is 42.5 Å². The number of aromatic nitrogens is 4. The van der Waals surface area contributed by atoms with Gasteiger partial charge in [-0.05, 0) is 39.9 Å². The minimum atomic E-state index is -0.297. The maximum absolute atomic E-state index is 12.7. The van der Waals surface area contributed by atoms with Gasteiger partial charge < -0.3 is 10.1 Å². The summed E-state index contributed by atoms with van der Waals surface area (Å²) >= 11 is 1.56. The second-order valence-electron chi connectivity index (χ2n) is 6.34. The molecule has 0 saturated heterocycles. The highest BCUT2D eigenvalue weighted by Gasteiger charge is 2.18. The zero-order chi connectivity index (χ0) is 20.1. The number of methoxy groups -OCH3 is 1. The topological polar surface area (TPSA) is 81.9 Å². The van der Waals surface area contributed by atoms with E-state index in [9.17, 15) is 4.79 Å². The molecule has 0 aliphatic rings. The Kier molecular flexibility index (Phi) is 5.62. The van der Waals surface area contributed by atoms with Crippen LogP contribution in [0, 0.1) is 0 Å². The van der Waals surface area contributed by atoms with Crippen LogP contribution in [0.25, 0.3) is 11.4 Å². The SMILES string of the molecule is COc1ccc([C@H](NC(=O)Cn2nnc(-c3ccsc3)n2)c2ccccc2)cc1. The van der Waals surface area contributed by atoms with Crippen molar-refractivity contribution >= 4 is 17.2 Å². The third kappa shape index (κ3) is 4.49. The van der Waals surface area contributed by atoms with Crippen molar-refractivity contribution in [2.75, 3.05) is 7.11 Å². The van der Waals surface area contributed by atoms with E-state index in [2.05, 4.69) is 20.7 Å². The summed E-state index contributed by atoms with van der Waals surface area (Å²) in [5.41, 5.74) is 2.83. The Morgan fingerprint density at radius 1 is 1.10 bits per heavy atom. The molecule has 1 atom stereocenters. The molecule has 0 unspecified atom stereocenters. The first-order valence-corrected chi connectivity index (χ1v) is 9.96. The van der Waals surface area contributed by atoms with E-state index >= 15 is 0 Å². The highest BCUT2D eigenvalue weighted by atomic mass is 32.1. The molecule has 0 spiro atoms. The third-order valence-corrected chi connectivity index (χ3v) is 5.09. The van der Waals surface area contributed by atoms with Gasteiger partial charge in [-0.15, -0.1) is 10.2 Å². The van der Waals surface area contributed by atoms with Crippen LogP contribution in [-0.2, 0) is 11.3 Å². The normalized spacial score (nSPS) is 11.8. The Bertz CT molecular complexity index is 1060. The van der Waals surface area contributed by atoms with Gasteiger partial charge in [-0.2, -0.15) is 16.1 Å². The van der Waals surface area contributed by atoms with Crippen LogP contribution in [0.1, 0.15) is 17.2 Å². The summed E-state index contributed by atoms with van der Waals surface area (Å²) in [6.45, 7) is -0.0172. The minimum Gasteiger partial charge on any atom is -0.497 e. The van der Waals surface area contributed by atoms with Crippen LogP contribution in [0.15, 0.2) is 71.4 Å². The van der Waals surface area contributed by atoms with Crippen molar-refractivity contribution in [3.8, 4) is 17.1 Å². The molecule has 0 radical (unpaired) electrons. The van der Waals surface area contributed by atoms with Crippen molar-refractivity contribution in [3.05, 3.63) is 82.6 Å². The molecule has 4 rings (SSSR count). The lowest BCUT2D eigenvalue weighted by Crippen LogP contribution is -2.32. The van der Waals surface area contributed by atoms with Crippen LogP contribution in [0.4, 0.5) is 0 Å². The molecule has 1 N–H and O–H groups in total. The van der Waals surface area contributed by atoms with E-state index in [1.165, 1.54) is 4.80 Å². The fourth-order valence-electron chi connectivity index (χ4n) is 2.95. The maximum atomic E-state index is 12.7. The first kappa shape index (κ1) is 18.8. The van der Waals surface area contributed by atoms with E-state index in [4.69, 9.17) is 4.74 Å². The van der Waals surface area contributed by atoms with Crippen LogP contribution in [0.5, 0.6) is 5.75 Å². The summed E-state index contributed by atoms with van der Waals surface area (Å²) in [6.07, 6.45) is 0. The lowest BCUT2D eigenvalue weighted by Gasteiger charge is -2.20. The predicted molar refractivity (Wildman–Crippen MR) is 111 cm³/mol. The number of carbonyl (C=O) groups is 1. The van der Waals surface area contributed by atoms with Crippen molar-refractivity contribution in [2.45, 2.75) is 12.6 Å². The molecule has 1 amide bonds. The average molecular weight is 405 g/mol. The van der Waals surface area contributed by atoms with Crippen LogP contribution < -0.4 is 10.1 Å². The molecule has 0 aliphatic carbocycles. The Labute approximate surface area is 172 Å². The quantitative estimate of drug-likeness (QED) is 0.510. The molecule has 0 saturated carbocycles. The number of benzene rings is 2. The zero-order valence-corrected chi connectivity index (χ0v) is 16.5. The van der Waals surface area contributed by atoms with Crippen LogP contribution in [0.2, 0.25) is 0 Å². The Morgan fingerprint density at radius 3 is 2.55 bits per heavy atom. The molecule has 7 nitrogen and oxygen atoms in total. The predicted octanol–water partition coefficient (Wildman–Crippen LogP) is 3.32. The minimum absolute atomic E-state index is 0.0172. The first-order valence-electron chi connectivity index (χ1n) is 9.01. The lowest BCUT2D eigenvalue weighted by molar-refractivity contribution is -0.122. The number of hydrogen-bond acceptors (Lipinski definition) is 6. The summed E-state index contributed by atoms with van der Waals surface area (Å²) in [5.74, 6) is 1.07. The van der Waals surface area contributed by atoms with E-state index < -0.39 is 0 Å². The van der Waals surface area contributed by atoms with Gasteiger partial charge in [0, 0.05) is 10.9 Å². The first-order chi connectivity index (χ1) is 14.2. The van der Waals surface area contributed by atoms with Crippen LogP contribution in [-0.4, -0.2) is 33.2 Å². The van der Waals surface area contributed by atoms with Crippen molar-refractivity contribution in [3.63, 3.8) is 0 Å². The molecule has 2 aromatic carbocycles. The average Bonchev–Trinajstić information content (AvgIpc) is 3.45. The van der Waals surface area contributed by atoms with E-state index in [0.717, 1.165) is 22.4 Å². The van der Waals surface area contributed by atoms with Crippen LogP contribution in [0.3, 0.4) is 0 Å². The molecule has 0 aliphatic heterocycles. The molecule has 8 heteroatoms. The Morgan fingerprint density at radius 2 is 1.86 bits per heavy atom. The highest BCUT2D eigenvalue weighted by Crippen LogP contribution is 2.24. The number of thiophene rings is 1. The summed E-state index contributed by atoms with van der Waals surface area (Å²) in [5, 5.41) is 19.3. The van der Waals surface area contributed by atoms with Gasteiger partial charge in [-0.3, -0.25) is 4.79 Å². The maximum Gasteiger partial charge on any atom is 0.244 e. The fourth-order valence-corrected chi connectivity index (χ4v) is 3.59. The summed E-state index contributed by atoms with van der Waals surface area (Å²) in [7, 11) is 1.63. The summed E-state index contributed by atoms with van der Waals surface area (Å²) < 4.78 is 5.23. The number of hydrogen-bond donors (Lipinski definition) is 1. The lowest BCUT2D eigenvalue weighted by atomic mass is 9.98. The largest absolute Gasteiger partial charge is 0.497 e. The van der Waals surface area contributed by atoms with Crippen molar-refractivity contribution < 1.29 is 9.53 Å². The zero-order valence-electron chi connectivity index (χ0n) is 15.7. The molecular formula is C21H19N5O2S. The summed E-state index contributed by atoms with van der Waals surface area (Å²) in [4.78, 5) is 14.0. The monoisotopic (exact) mass is 405 g/mol. The number of nitrogens with one attached hydrogen (secondary N) is 1. The molecule has 0 bridgehead atoms.